The second kappa shape index (κ2) is 8.13. The zero-order valence-electron chi connectivity index (χ0n) is 16.7. The van der Waals surface area contributed by atoms with Crippen molar-refractivity contribution < 1.29 is 14.3 Å². The maximum atomic E-state index is 13.1. The minimum absolute atomic E-state index is 0.0711. The fourth-order valence-electron chi connectivity index (χ4n) is 3.54. The van der Waals surface area contributed by atoms with Gasteiger partial charge in [0.15, 0.2) is 0 Å². The predicted molar refractivity (Wildman–Crippen MR) is 106 cm³/mol. The standard InChI is InChI=1S/C21H29N3O3/c1-5-6-20(25)23-12-16(13-23)21(26)24-14-15(9-10-22(2)3)18-11-17(27-4)7-8-19(18)24/h7-8,11,14,16H,5-6,9-10,12-13H2,1-4H3. The van der Waals surface area contributed by atoms with Crippen LogP contribution in [0.2, 0.25) is 0 Å². The van der Waals surface area contributed by atoms with E-state index in [1.54, 1.807) is 16.6 Å². The summed E-state index contributed by atoms with van der Waals surface area (Å²) in [6, 6.07) is 5.84. The van der Waals surface area contributed by atoms with E-state index in [-0.39, 0.29) is 17.7 Å². The second-order valence-electron chi connectivity index (χ2n) is 7.54. The Labute approximate surface area is 160 Å². The molecule has 0 atom stereocenters. The third kappa shape index (κ3) is 4.00. The van der Waals surface area contributed by atoms with Crippen molar-refractivity contribution in [2.45, 2.75) is 26.2 Å². The number of hydrogen-bond acceptors (Lipinski definition) is 4. The molecule has 2 heterocycles. The predicted octanol–water partition coefficient (Wildman–Crippen LogP) is 2.65. The Morgan fingerprint density at radius 1 is 1.26 bits per heavy atom. The lowest BCUT2D eigenvalue weighted by molar-refractivity contribution is -0.136. The van der Waals surface area contributed by atoms with Crippen LogP contribution in [-0.2, 0) is 11.2 Å². The number of likely N-dealkylation sites (N-methyl/N-ethyl adjacent to an activating group) is 1. The second-order valence-corrected chi connectivity index (χ2v) is 7.54. The molecule has 0 unspecified atom stereocenters. The minimum atomic E-state index is -0.120. The van der Waals surface area contributed by atoms with E-state index >= 15 is 0 Å². The molecule has 27 heavy (non-hydrogen) atoms. The van der Waals surface area contributed by atoms with Gasteiger partial charge < -0.3 is 14.5 Å². The van der Waals surface area contributed by atoms with Crippen molar-refractivity contribution in [2.24, 2.45) is 5.92 Å². The van der Waals surface area contributed by atoms with Gasteiger partial charge in [-0.3, -0.25) is 14.2 Å². The molecular weight excluding hydrogens is 342 g/mol. The lowest BCUT2D eigenvalue weighted by Gasteiger charge is -2.38. The Morgan fingerprint density at radius 3 is 2.63 bits per heavy atom. The number of benzene rings is 1. The average Bonchev–Trinajstić information content (AvgIpc) is 2.96. The molecule has 6 heteroatoms. The number of likely N-dealkylation sites (tertiary alicyclic amines) is 1. The van der Waals surface area contributed by atoms with Gasteiger partial charge in [-0.2, -0.15) is 0 Å². The van der Waals surface area contributed by atoms with Gasteiger partial charge in [0.2, 0.25) is 11.8 Å². The normalized spacial score (nSPS) is 14.6. The first-order valence-corrected chi connectivity index (χ1v) is 9.59. The van der Waals surface area contributed by atoms with Gasteiger partial charge in [0, 0.05) is 37.6 Å². The molecule has 146 valence electrons. The summed E-state index contributed by atoms with van der Waals surface area (Å²) in [7, 11) is 5.74. The van der Waals surface area contributed by atoms with Crippen LogP contribution in [0.25, 0.3) is 10.9 Å². The van der Waals surface area contributed by atoms with Crippen molar-refractivity contribution in [1.82, 2.24) is 14.4 Å². The maximum Gasteiger partial charge on any atom is 0.237 e. The summed E-state index contributed by atoms with van der Waals surface area (Å²) in [6.45, 7) is 3.96. The highest BCUT2D eigenvalue weighted by molar-refractivity contribution is 5.97. The highest BCUT2D eigenvalue weighted by Crippen LogP contribution is 2.29. The Balaban J connectivity index is 1.83. The van der Waals surface area contributed by atoms with E-state index in [9.17, 15) is 9.59 Å². The van der Waals surface area contributed by atoms with Crippen molar-refractivity contribution >= 4 is 22.7 Å². The van der Waals surface area contributed by atoms with E-state index in [1.165, 1.54) is 0 Å². The molecule has 0 spiro atoms. The number of ether oxygens (including phenoxy) is 1. The van der Waals surface area contributed by atoms with Gasteiger partial charge in [-0.1, -0.05) is 6.92 Å². The van der Waals surface area contributed by atoms with Crippen LogP contribution < -0.4 is 4.74 Å². The zero-order chi connectivity index (χ0) is 19.6. The Hall–Kier alpha value is -2.34. The van der Waals surface area contributed by atoms with Crippen LogP contribution in [0, 0.1) is 5.92 Å². The summed E-state index contributed by atoms with van der Waals surface area (Å²) in [6.07, 6.45) is 4.23. The summed E-state index contributed by atoms with van der Waals surface area (Å²) >= 11 is 0. The lowest BCUT2D eigenvalue weighted by atomic mass is 9.98. The summed E-state index contributed by atoms with van der Waals surface area (Å²) < 4.78 is 7.14. The molecule has 0 N–H and O–H groups in total. The smallest absolute Gasteiger partial charge is 0.237 e. The largest absolute Gasteiger partial charge is 0.497 e. The molecule has 1 amide bonds. The molecule has 0 saturated carbocycles. The molecule has 1 aliphatic rings. The summed E-state index contributed by atoms with van der Waals surface area (Å²) in [5.74, 6) is 0.890. The SMILES string of the molecule is CCCC(=O)N1CC(C(=O)n2cc(CCN(C)C)c3cc(OC)ccc32)C1. The van der Waals surface area contributed by atoms with Crippen molar-refractivity contribution in [1.29, 1.82) is 0 Å². The minimum Gasteiger partial charge on any atom is -0.497 e. The van der Waals surface area contributed by atoms with E-state index in [0.717, 1.165) is 41.6 Å². The first-order chi connectivity index (χ1) is 12.9. The molecule has 2 aromatic rings. The van der Waals surface area contributed by atoms with E-state index in [2.05, 4.69) is 4.90 Å². The average molecular weight is 371 g/mol. The first kappa shape index (κ1) is 19.4. The van der Waals surface area contributed by atoms with Crippen LogP contribution in [0.4, 0.5) is 0 Å². The molecule has 1 aromatic carbocycles. The number of carbonyl (C=O) groups excluding carboxylic acids is 2. The highest BCUT2D eigenvalue weighted by atomic mass is 16.5. The molecule has 3 rings (SSSR count). The van der Waals surface area contributed by atoms with Crippen LogP contribution in [0.5, 0.6) is 5.75 Å². The highest BCUT2D eigenvalue weighted by Gasteiger charge is 2.36. The fraction of sp³-hybridized carbons (Fsp3) is 0.524. The first-order valence-electron chi connectivity index (χ1n) is 9.59. The van der Waals surface area contributed by atoms with Gasteiger partial charge in [0.05, 0.1) is 18.5 Å². The van der Waals surface area contributed by atoms with E-state index in [4.69, 9.17) is 4.74 Å². The third-order valence-corrected chi connectivity index (χ3v) is 5.21. The maximum absolute atomic E-state index is 13.1. The van der Waals surface area contributed by atoms with Gasteiger partial charge in [-0.15, -0.1) is 0 Å². The van der Waals surface area contributed by atoms with Crippen LogP contribution >= 0.6 is 0 Å². The number of fused-ring (bicyclic) bond motifs is 1. The summed E-state index contributed by atoms with van der Waals surface area (Å²) in [5, 5.41) is 1.06. The van der Waals surface area contributed by atoms with E-state index in [1.807, 2.05) is 45.4 Å². The molecular formula is C21H29N3O3. The van der Waals surface area contributed by atoms with Gasteiger partial charge >= 0.3 is 0 Å². The van der Waals surface area contributed by atoms with E-state index < -0.39 is 0 Å². The molecule has 0 aliphatic carbocycles. The van der Waals surface area contributed by atoms with E-state index in [0.29, 0.717) is 19.5 Å². The van der Waals surface area contributed by atoms with Crippen molar-refractivity contribution in [3.63, 3.8) is 0 Å². The number of aromatic nitrogens is 1. The van der Waals surface area contributed by atoms with Crippen LogP contribution in [0.3, 0.4) is 0 Å². The monoisotopic (exact) mass is 371 g/mol. The van der Waals surface area contributed by atoms with Gasteiger partial charge in [-0.25, -0.2) is 0 Å². The third-order valence-electron chi connectivity index (χ3n) is 5.21. The number of carbonyl (C=O) groups is 2. The number of amides is 1. The molecule has 1 fully saturated rings. The molecule has 6 nitrogen and oxygen atoms in total. The van der Waals surface area contributed by atoms with Crippen LogP contribution in [-0.4, -0.2) is 67.0 Å². The van der Waals surface area contributed by atoms with Crippen molar-refractivity contribution in [2.75, 3.05) is 40.8 Å². The fourth-order valence-corrected chi connectivity index (χ4v) is 3.54. The topological polar surface area (TPSA) is 54.8 Å². The van der Waals surface area contributed by atoms with Crippen LogP contribution in [0.1, 0.15) is 30.1 Å². The molecule has 1 aromatic heterocycles. The number of methoxy groups -OCH3 is 1. The number of nitrogens with zero attached hydrogens (tertiary/aromatic N) is 3. The molecule has 1 saturated heterocycles. The summed E-state index contributed by atoms with van der Waals surface area (Å²) in [4.78, 5) is 28.9. The van der Waals surface area contributed by atoms with Crippen LogP contribution in [0.15, 0.2) is 24.4 Å². The van der Waals surface area contributed by atoms with Gasteiger partial charge in [0.25, 0.3) is 0 Å². The Morgan fingerprint density at radius 2 is 2.00 bits per heavy atom. The van der Waals surface area contributed by atoms with Gasteiger partial charge in [-0.05, 0) is 50.7 Å². The summed E-state index contributed by atoms with van der Waals surface area (Å²) in [5.41, 5.74) is 2.05. The molecule has 0 bridgehead atoms. The Kier molecular flexibility index (Phi) is 5.85. The van der Waals surface area contributed by atoms with Crippen molar-refractivity contribution in [3.05, 3.63) is 30.0 Å². The zero-order valence-corrected chi connectivity index (χ0v) is 16.7. The molecule has 1 aliphatic heterocycles. The van der Waals surface area contributed by atoms with Crippen molar-refractivity contribution in [3.8, 4) is 5.75 Å². The number of rotatable bonds is 7. The number of hydrogen-bond donors (Lipinski definition) is 0. The Bertz CT molecular complexity index is 835. The lowest BCUT2D eigenvalue weighted by Crippen LogP contribution is -2.54. The quantitative estimate of drug-likeness (QED) is 0.751. The van der Waals surface area contributed by atoms with Gasteiger partial charge in [0.1, 0.15) is 5.75 Å². The molecule has 0 radical (unpaired) electrons.